The molecule has 0 aliphatic carbocycles. The molecule has 0 saturated heterocycles. The molecule has 6 heteroatoms. The highest BCUT2D eigenvalue weighted by Crippen LogP contribution is 2.22. The fourth-order valence-corrected chi connectivity index (χ4v) is 3.08. The lowest BCUT2D eigenvalue weighted by molar-refractivity contribution is 0.0929. The Morgan fingerprint density at radius 1 is 1.32 bits per heavy atom. The second-order valence-electron chi connectivity index (χ2n) is 5.05. The van der Waals surface area contributed by atoms with Gasteiger partial charge in [-0.1, -0.05) is 13.8 Å². The van der Waals surface area contributed by atoms with E-state index >= 15 is 0 Å². The molecule has 0 spiro atoms. The van der Waals surface area contributed by atoms with Crippen molar-refractivity contribution < 1.29 is 4.79 Å². The zero-order chi connectivity index (χ0) is 15.9. The molecule has 0 bridgehead atoms. The summed E-state index contributed by atoms with van der Waals surface area (Å²) in [5.74, 6) is -0.181. The van der Waals surface area contributed by atoms with E-state index in [0.29, 0.717) is 12.2 Å². The van der Waals surface area contributed by atoms with Crippen LogP contribution in [0.3, 0.4) is 0 Å². The van der Waals surface area contributed by atoms with Gasteiger partial charge in [0.25, 0.3) is 5.91 Å². The van der Waals surface area contributed by atoms with Gasteiger partial charge in [-0.3, -0.25) is 14.7 Å². The van der Waals surface area contributed by atoms with E-state index in [0.717, 1.165) is 18.8 Å². The third-order valence-corrected chi connectivity index (χ3v) is 4.35. The normalized spacial score (nSPS) is 12.4. The second-order valence-corrected chi connectivity index (χ2v) is 5.83. The minimum Gasteiger partial charge on any atom is -0.349 e. The number of aromatic nitrogens is 2. The maximum Gasteiger partial charge on any atom is 0.271 e. The van der Waals surface area contributed by atoms with Gasteiger partial charge < -0.3 is 5.32 Å². The zero-order valence-corrected chi connectivity index (χ0v) is 14.1. The van der Waals surface area contributed by atoms with Crippen LogP contribution in [0.15, 0.2) is 29.2 Å². The molecule has 1 atom stereocenters. The number of nitrogens with zero attached hydrogens (tertiary/aromatic N) is 3. The lowest BCUT2D eigenvalue weighted by Crippen LogP contribution is -2.38. The number of carbonyl (C=O) groups excluding carboxylic acids is 1. The first kappa shape index (κ1) is 16.6. The van der Waals surface area contributed by atoms with Crippen LogP contribution in [0.5, 0.6) is 0 Å². The molecule has 1 N–H and O–H groups in total. The van der Waals surface area contributed by atoms with Gasteiger partial charge in [0.05, 0.1) is 17.9 Å². The van der Waals surface area contributed by atoms with Gasteiger partial charge in [0.1, 0.15) is 5.69 Å². The quantitative estimate of drug-likeness (QED) is 0.852. The van der Waals surface area contributed by atoms with Gasteiger partial charge >= 0.3 is 0 Å². The molecule has 5 nitrogen and oxygen atoms in total. The van der Waals surface area contributed by atoms with E-state index in [4.69, 9.17) is 0 Å². The van der Waals surface area contributed by atoms with Crippen molar-refractivity contribution in [3.8, 4) is 0 Å². The van der Waals surface area contributed by atoms with Crippen molar-refractivity contribution in [2.45, 2.75) is 26.8 Å². The van der Waals surface area contributed by atoms with E-state index in [1.807, 2.05) is 6.92 Å². The van der Waals surface area contributed by atoms with Gasteiger partial charge in [0.2, 0.25) is 0 Å². The number of amides is 1. The number of thiophene rings is 1. The highest BCUT2D eigenvalue weighted by Gasteiger charge is 2.19. The highest BCUT2D eigenvalue weighted by molar-refractivity contribution is 7.07. The molecule has 0 aliphatic heterocycles. The number of rotatable bonds is 7. The number of hydrogen-bond donors (Lipinski definition) is 1. The molecule has 2 heterocycles. The predicted molar refractivity (Wildman–Crippen MR) is 89.1 cm³/mol. The van der Waals surface area contributed by atoms with Gasteiger partial charge in [-0.05, 0) is 42.4 Å². The summed E-state index contributed by atoms with van der Waals surface area (Å²) in [5, 5.41) is 7.19. The van der Waals surface area contributed by atoms with Crippen molar-refractivity contribution >= 4 is 17.2 Å². The first-order valence-corrected chi connectivity index (χ1v) is 8.43. The van der Waals surface area contributed by atoms with E-state index < -0.39 is 0 Å². The second kappa shape index (κ2) is 8.00. The summed E-state index contributed by atoms with van der Waals surface area (Å²) in [7, 11) is 0. The smallest absolute Gasteiger partial charge is 0.271 e. The summed E-state index contributed by atoms with van der Waals surface area (Å²) >= 11 is 1.68. The number of likely N-dealkylation sites (N-methyl/N-ethyl adjacent to an activating group) is 1. The summed E-state index contributed by atoms with van der Waals surface area (Å²) < 4.78 is 0. The van der Waals surface area contributed by atoms with E-state index in [1.54, 1.807) is 17.5 Å². The molecular formula is C16H22N4OS. The molecule has 2 aromatic heterocycles. The van der Waals surface area contributed by atoms with Crippen LogP contribution in [0.4, 0.5) is 0 Å². The van der Waals surface area contributed by atoms with Gasteiger partial charge in [-0.25, -0.2) is 4.98 Å². The summed E-state index contributed by atoms with van der Waals surface area (Å²) in [6, 6.07) is 2.30. The first-order valence-electron chi connectivity index (χ1n) is 7.48. The Hall–Kier alpha value is -1.79. The summed E-state index contributed by atoms with van der Waals surface area (Å²) in [6.45, 7) is 8.56. The third-order valence-electron chi connectivity index (χ3n) is 3.65. The van der Waals surface area contributed by atoms with Crippen molar-refractivity contribution in [2.24, 2.45) is 0 Å². The van der Waals surface area contributed by atoms with Gasteiger partial charge in [0.15, 0.2) is 0 Å². The monoisotopic (exact) mass is 318 g/mol. The Kier molecular flexibility index (Phi) is 6.03. The molecule has 118 valence electrons. The molecule has 2 rings (SSSR count). The van der Waals surface area contributed by atoms with Crippen LogP contribution in [0.2, 0.25) is 0 Å². The SMILES string of the molecule is CCN(CC)[C@@H](CNC(=O)c1cnc(C)cn1)c1ccsc1. The van der Waals surface area contributed by atoms with E-state index in [-0.39, 0.29) is 11.9 Å². The van der Waals surface area contributed by atoms with Crippen molar-refractivity contribution in [2.75, 3.05) is 19.6 Å². The van der Waals surface area contributed by atoms with Crippen molar-refractivity contribution in [1.82, 2.24) is 20.2 Å². The van der Waals surface area contributed by atoms with Crippen LogP contribution in [0, 0.1) is 6.92 Å². The molecule has 0 saturated carbocycles. The summed E-state index contributed by atoms with van der Waals surface area (Å²) in [6.07, 6.45) is 3.12. The molecule has 0 fully saturated rings. The summed E-state index contributed by atoms with van der Waals surface area (Å²) in [5.41, 5.74) is 2.40. The minimum atomic E-state index is -0.181. The number of carbonyl (C=O) groups is 1. The molecule has 0 aliphatic rings. The Labute approximate surface area is 135 Å². The molecule has 0 aromatic carbocycles. The van der Waals surface area contributed by atoms with Crippen LogP contribution in [0.1, 0.15) is 41.6 Å². The maximum atomic E-state index is 12.2. The Morgan fingerprint density at radius 3 is 2.64 bits per heavy atom. The van der Waals surface area contributed by atoms with Crippen LogP contribution >= 0.6 is 11.3 Å². The van der Waals surface area contributed by atoms with Gasteiger partial charge in [-0.15, -0.1) is 0 Å². The Bertz CT molecular complexity index is 579. The Morgan fingerprint density at radius 2 is 2.09 bits per heavy atom. The molecule has 1 amide bonds. The lowest BCUT2D eigenvalue weighted by Gasteiger charge is -2.29. The van der Waals surface area contributed by atoms with Crippen molar-refractivity contribution in [1.29, 1.82) is 0 Å². The fourth-order valence-electron chi connectivity index (χ4n) is 2.38. The number of aryl methyl sites for hydroxylation is 1. The predicted octanol–water partition coefficient (Wildman–Crippen LogP) is 2.66. The van der Waals surface area contributed by atoms with Crippen molar-refractivity contribution in [3.05, 3.63) is 46.2 Å². The summed E-state index contributed by atoms with van der Waals surface area (Å²) in [4.78, 5) is 22.8. The first-order chi connectivity index (χ1) is 10.7. The van der Waals surface area contributed by atoms with Gasteiger partial charge in [-0.2, -0.15) is 11.3 Å². The van der Waals surface area contributed by atoms with Crippen molar-refractivity contribution in [3.63, 3.8) is 0 Å². The van der Waals surface area contributed by atoms with E-state index in [2.05, 4.69) is 50.9 Å². The van der Waals surface area contributed by atoms with Crippen LogP contribution in [-0.2, 0) is 0 Å². The molecule has 0 radical (unpaired) electrons. The van der Waals surface area contributed by atoms with Crippen LogP contribution in [-0.4, -0.2) is 40.4 Å². The maximum absolute atomic E-state index is 12.2. The minimum absolute atomic E-state index is 0.181. The average molecular weight is 318 g/mol. The molecule has 2 aromatic rings. The third kappa shape index (κ3) is 4.11. The van der Waals surface area contributed by atoms with E-state index in [9.17, 15) is 4.79 Å². The highest BCUT2D eigenvalue weighted by atomic mass is 32.1. The molecular weight excluding hydrogens is 296 g/mol. The van der Waals surface area contributed by atoms with Gasteiger partial charge in [0, 0.05) is 12.7 Å². The van der Waals surface area contributed by atoms with Crippen LogP contribution in [0.25, 0.3) is 0 Å². The molecule has 22 heavy (non-hydrogen) atoms. The average Bonchev–Trinajstić information content (AvgIpc) is 3.06. The zero-order valence-electron chi connectivity index (χ0n) is 13.2. The topological polar surface area (TPSA) is 58.1 Å². The standard InChI is InChI=1S/C16H22N4OS/c1-4-20(5-2)15(13-6-7-22-11-13)10-19-16(21)14-9-17-12(3)8-18-14/h6-9,11,15H,4-5,10H2,1-3H3,(H,19,21)/t15-/m0/s1. The number of hydrogen-bond acceptors (Lipinski definition) is 5. The van der Waals surface area contributed by atoms with E-state index in [1.165, 1.54) is 11.8 Å². The fraction of sp³-hybridized carbons (Fsp3) is 0.438. The van der Waals surface area contributed by atoms with Crippen LogP contribution < -0.4 is 5.32 Å². The number of nitrogens with one attached hydrogen (secondary N) is 1. The molecule has 0 unspecified atom stereocenters. The largest absolute Gasteiger partial charge is 0.349 e. The Balaban J connectivity index is 2.04. The lowest BCUT2D eigenvalue weighted by atomic mass is 10.1.